The largest absolute Gasteiger partial charge is 0.397 e. The maximum Gasteiger partial charge on any atom is 0.0735 e. The highest BCUT2D eigenvalue weighted by Crippen LogP contribution is 2.11. The van der Waals surface area contributed by atoms with E-state index >= 15 is 0 Å². The first-order valence-corrected chi connectivity index (χ1v) is 8.05. The zero-order chi connectivity index (χ0) is 9.61. The van der Waals surface area contributed by atoms with E-state index in [-0.39, 0.29) is 0 Å². The molecule has 0 aliphatic heterocycles. The fraction of sp³-hybridized carbons (Fsp3) is 0.800. The van der Waals surface area contributed by atoms with Gasteiger partial charge in [0.2, 0.25) is 0 Å². The van der Waals surface area contributed by atoms with Crippen LogP contribution in [0.4, 0.5) is 0 Å². The molecule has 0 aliphatic carbocycles. The molecule has 0 unspecified atom stereocenters. The van der Waals surface area contributed by atoms with Gasteiger partial charge in [-0.05, 0) is 18.4 Å². The first kappa shape index (κ1) is 11.9. The van der Waals surface area contributed by atoms with E-state index in [0.717, 1.165) is 12.0 Å². The summed E-state index contributed by atoms with van der Waals surface area (Å²) in [7, 11) is -1.20. The van der Waals surface area contributed by atoms with Crippen molar-refractivity contribution in [3.63, 3.8) is 0 Å². The Morgan fingerprint density at radius 3 is 2.33 bits per heavy atom. The fourth-order valence-corrected chi connectivity index (χ4v) is 2.55. The molecule has 0 rings (SSSR count). The third-order valence-corrected chi connectivity index (χ3v) is 4.58. The summed E-state index contributed by atoms with van der Waals surface area (Å²) in [4.78, 5) is 0. The summed E-state index contributed by atoms with van der Waals surface area (Å²) < 4.78 is 0. The van der Waals surface area contributed by atoms with Crippen molar-refractivity contribution in [2.24, 2.45) is 5.92 Å². The summed E-state index contributed by atoms with van der Waals surface area (Å²) in [6.07, 6.45) is 3.45. The maximum absolute atomic E-state index is 8.81. The average Bonchev–Trinajstić information content (AvgIpc) is 1.85. The molecule has 72 valence electrons. The van der Waals surface area contributed by atoms with E-state index in [1.807, 2.05) is 0 Å². The van der Waals surface area contributed by atoms with Crippen molar-refractivity contribution in [2.75, 3.05) is 6.61 Å². The van der Waals surface area contributed by atoms with Gasteiger partial charge in [0.1, 0.15) is 0 Å². The Balaban J connectivity index is 3.79. The number of allylic oxidation sites excluding steroid dienone is 1. The molecular weight excluding hydrogens is 164 g/mol. The van der Waals surface area contributed by atoms with Gasteiger partial charge >= 0.3 is 0 Å². The molecule has 0 aromatic heterocycles. The van der Waals surface area contributed by atoms with Crippen molar-refractivity contribution >= 4 is 8.07 Å². The molecule has 0 saturated heterocycles. The van der Waals surface area contributed by atoms with Gasteiger partial charge in [-0.2, -0.15) is 0 Å². The maximum atomic E-state index is 8.81. The molecule has 0 saturated carbocycles. The van der Waals surface area contributed by atoms with Gasteiger partial charge < -0.3 is 5.11 Å². The third-order valence-electron chi connectivity index (χ3n) is 1.93. The lowest BCUT2D eigenvalue weighted by Crippen LogP contribution is -2.23. The average molecular weight is 186 g/mol. The highest BCUT2D eigenvalue weighted by atomic mass is 28.3. The SMILES string of the molecule is CC(C)C/C=C/[Si](C)(C)CCO. The van der Waals surface area contributed by atoms with Gasteiger partial charge in [0.05, 0.1) is 8.07 Å². The standard InChI is InChI=1S/C10H22OSi/c1-10(2)6-5-8-12(3,4)9-7-11/h5,8,10-11H,6-7,9H2,1-4H3/b8-5+. The third kappa shape index (κ3) is 6.62. The van der Waals surface area contributed by atoms with Gasteiger partial charge in [-0.1, -0.05) is 38.7 Å². The van der Waals surface area contributed by atoms with E-state index in [9.17, 15) is 0 Å². The summed E-state index contributed by atoms with van der Waals surface area (Å²) in [5.41, 5.74) is 2.35. The second-order valence-electron chi connectivity index (χ2n) is 4.49. The quantitative estimate of drug-likeness (QED) is 0.655. The van der Waals surface area contributed by atoms with Crippen LogP contribution in [0.25, 0.3) is 0 Å². The molecule has 1 nitrogen and oxygen atoms in total. The number of aliphatic hydroxyl groups is 1. The Morgan fingerprint density at radius 2 is 1.92 bits per heavy atom. The Kier molecular flexibility index (Phi) is 5.50. The predicted molar refractivity (Wildman–Crippen MR) is 58.0 cm³/mol. The molecule has 2 heteroatoms. The molecule has 0 aromatic carbocycles. The normalized spacial score (nSPS) is 13.2. The Bertz CT molecular complexity index is 139. The van der Waals surface area contributed by atoms with Crippen LogP contribution in [0, 0.1) is 5.92 Å². The van der Waals surface area contributed by atoms with E-state index in [0.29, 0.717) is 6.61 Å². The minimum atomic E-state index is -1.20. The van der Waals surface area contributed by atoms with Crippen LogP contribution in [0.1, 0.15) is 20.3 Å². The van der Waals surface area contributed by atoms with Gasteiger partial charge in [0.15, 0.2) is 0 Å². The zero-order valence-electron chi connectivity index (χ0n) is 8.80. The van der Waals surface area contributed by atoms with Crippen LogP contribution >= 0.6 is 0 Å². The number of aliphatic hydroxyl groups excluding tert-OH is 1. The van der Waals surface area contributed by atoms with Crippen LogP contribution in [0.3, 0.4) is 0 Å². The first-order valence-electron chi connectivity index (χ1n) is 4.76. The predicted octanol–water partition coefficient (Wildman–Crippen LogP) is 2.83. The molecule has 0 fully saturated rings. The van der Waals surface area contributed by atoms with E-state index in [4.69, 9.17) is 5.11 Å². The van der Waals surface area contributed by atoms with Crippen LogP contribution in [-0.4, -0.2) is 19.8 Å². The molecule has 12 heavy (non-hydrogen) atoms. The van der Waals surface area contributed by atoms with Crippen LogP contribution < -0.4 is 0 Å². The number of hydrogen-bond acceptors (Lipinski definition) is 1. The molecule has 0 heterocycles. The van der Waals surface area contributed by atoms with E-state index in [2.05, 4.69) is 38.7 Å². The Morgan fingerprint density at radius 1 is 1.33 bits per heavy atom. The van der Waals surface area contributed by atoms with Gasteiger partial charge in [0.25, 0.3) is 0 Å². The zero-order valence-corrected chi connectivity index (χ0v) is 9.80. The summed E-state index contributed by atoms with van der Waals surface area (Å²) in [6.45, 7) is 9.38. The molecule has 0 bridgehead atoms. The van der Waals surface area contributed by atoms with Crippen molar-refractivity contribution < 1.29 is 5.11 Å². The Hall–Kier alpha value is -0.0831. The van der Waals surface area contributed by atoms with Crippen LogP contribution in [0.2, 0.25) is 19.1 Å². The number of rotatable bonds is 5. The Labute approximate surface area is 77.5 Å². The summed E-state index contributed by atoms with van der Waals surface area (Å²) >= 11 is 0. The number of hydrogen-bond donors (Lipinski definition) is 1. The molecular formula is C10H22OSi. The monoisotopic (exact) mass is 186 g/mol. The molecule has 0 aromatic rings. The smallest absolute Gasteiger partial charge is 0.0735 e. The highest BCUT2D eigenvalue weighted by molar-refractivity contribution is 6.82. The van der Waals surface area contributed by atoms with Gasteiger partial charge in [-0.25, -0.2) is 0 Å². The lowest BCUT2D eigenvalue weighted by atomic mass is 10.1. The summed E-state index contributed by atoms with van der Waals surface area (Å²) in [6, 6.07) is 0.988. The van der Waals surface area contributed by atoms with Crippen molar-refractivity contribution in [3.05, 3.63) is 11.8 Å². The highest BCUT2D eigenvalue weighted by Gasteiger charge is 2.14. The van der Waals surface area contributed by atoms with Gasteiger partial charge in [-0.15, -0.1) is 0 Å². The van der Waals surface area contributed by atoms with Crippen LogP contribution in [0.15, 0.2) is 11.8 Å². The van der Waals surface area contributed by atoms with E-state index in [1.165, 1.54) is 6.42 Å². The molecule has 0 aliphatic rings. The minimum absolute atomic E-state index is 0.339. The lowest BCUT2D eigenvalue weighted by Gasteiger charge is -2.15. The topological polar surface area (TPSA) is 20.2 Å². The second-order valence-corrected chi connectivity index (χ2v) is 9.30. The van der Waals surface area contributed by atoms with Gasteiger partial charge in [0, 0.05) is 6.61 Å². The molecule has 1 N–H and O–H groups in total. The van der Waals surface area contributed by atoms with Crippen LogP contribution in [0.5, 0.6) is 0 Å². The molecule has 0 radical (unpaired) electrons. The van der Waals surface area contributed by atoms with Crippen molar-refractivity contribution in [3.8, 4) is 0 Å². The van der Waals surface area contributed by atoms with Crippen LogP contribution in [-0.2, 0) is 0 Å². The van der Waals surface area contributed by atoms with Crippen molar-refractivity contribution in [1.82, 2.24) is 0 Å². The van der Waals surface area contributed by atoms with Crippen molar-refractivity contribution in [1.29, 1.82) is 0 Å². The summed E-state index contributed by atoms with van der Waals surface area (Å²) in [5.74, 6) is 0.750. The lowest BCUT2D eigenvalue weighted by molar-refractivity contribution is 0.317. The van der Waals surface area contributed by atoms with Gasteiger partial charge in [-0.3, -0.25) is 0 Å². The van der Waals surface area contributed by atoms with E-state index < -0.39 is 8.07 Å². The fourth-order valence-electron chi connectivity index (χ4n) is 1.03. The van der Waals surface area contributed by atoms with E-state index in [1.54, 1.807) is 0 Å². The molecule has 0 atom stereocenters. The molecule has 0 amide bonds. The first-order chi connectivity index (χ1) is 5.48. The minimum Gasteiger partial charge on any atom is -0.397 e. The second kappa shape index (κ2) is 5.54. The van der Waals surface area contributed by atoms with Crippen molar-refractivity contribution in [2.45, 2.75) is 39.4 Å². The summed E-state index contributed by atoms with van der Waals surface area (Å²) in [5, 5.41) is 8.81. The molecule has 0 spiro atoms.